The number of amides is 2. The van der Waals surface area contributed by atoms with Gasteiger partial charge in [-0.1, -0.05) is 23.2 Å². The smallest absolute Gasteiger partial charge is 0.263 e. The Morgan fingerprint density at radius 1 is 1.13 bits per heavy atom. The summed E-state index contributed by atoms with van der Waals surface area (Å²) >= 11 is 11.9. The molecule has 1 aliphatic rings. The number of carbonyl (C=O) groups is 2. The van der Waals surface area contributed by atoms with Gasteiger partial charge in [0.1, 0.15) is 5.75 Å². The van der Waals surface area contributed by atoms with Crippen molar-refractivity contribution in [3.8, 4) is 5.75 Å². The lowest BCUT2D eigenvalue weighted by molar-refractivity contribution is -0.139. The monoisotopic (exact) mass is 465 g/mol. The number of carbonyl (C=O) groups excluding carboxylic acids is 2. The highest BCUT2D eigenvalue weighted by molar-refractivity contribution is 6.42. The van der Waals surface area contributed by atoms with Crippen molar-refractivity contribution in [2.24, 2.45) is 0 Å². The first kappa shape index (κ1) is 23.2. The minimum absolute atomic E-state index is 0.0981. The lowest BCUT2D eigenvalue weighted by Gasteiger charge is -2.29. The van der Waals surface area contributed by atoms with E-state index in [1.54, 1.807) is 32.2 Å². The van der Waals surface area contributed by atoms with E-state index >= 15 is 0 Å². The molecule has 2 aromatic carbocycles. The van der Waals surface area contributed by atoms with Crippen LogP contribution >= 0.6 is 23.2 Å². The summed E-state index contributed by atoms with van der Waals surface area (Å²) in [6, 6.07) is 12.4. The van der Waals surface area contributed by atoms with Crippen molar-refractivity contribution >= 4 is 46.4 Å². The van der Waals surface area contributed by atoms with Gasteiger partial charge in [-0.05, 0) is 43.3 Å². The van der Waals surface area contributed by atoms with Crippen LogP contribution in [0.3, 0.4) is 0 Å². The number of morpholine rings is 1. The van der Waals surface area contributed by atoms with Gasteiger partial charge in [0, 0.05) is 37.6 Å². The molecule has 1 heterocycles. The van der Waals surface area contributed by atoms with Crippen molar-refractivity contribution in [2.45, 2.75) is 13.0 Å². The van der Waals surface area contributed by atoms with Crippen LogP contribution in [0.25, 0.3) is 0 Å². The molecule has 0 bridgehead atoms. The predicted molar refractivity (Wildman–Crippen MR) is 122 cm³/mol. The summed E-state index contributed by atoms with van der Waals surface area (Å²) in [6.45, 7) is 4.64. The Kier molecular flexibility index (Phi) is 8.01. The van der Waals surface area contributed by atoms with E-state index in [0.29, 0.717) is 34.7 Å². The van der Waals surface area contributed by atoms with E-state index in [0.717, 1.165) is 18.8 Å². The van der Waals surface area contributed by atoms with Crippen LogP contribution in [-0.2, 0) is 14.3 Å². The molecule has 1 aliphatic heterocycles. The largest absolute Gasteiger partial charge is 0.481 e. The third-order valence-electron chi connectivity index (χ3n) is 4.84. The van der Waals surface area contributed by atoms with Crippen molar-refractivity contribution in [3.05, 3.63) is 52.5 Å². The lowest BCUT2D eigenvalue weighted by atomic mass is 10.2. The molecule has 166 valence electrons. The predicted octanol–water partition coefficient (Wildman–Crippen LogP) is 3.69. The average molecular weight is 466 g/mol. The lowest BCUT2D eigenvalue weighted by Crippen LogP contribution is -2.42. The highest BCUT2D eigenvalue weighted by Crippen LogP contribution is 2.27. The summed E-state index contributed by atoms with van der Waals surface area (Å²) in [7, 11) is 1.55. The average Bonchev–Trinajstić information content (AvgIpc) is 2.76. The second-order valence-corrected chi connectivity index (χ2v) is 8.04. The number of halogens is 2. The summed E-state index contributed by atoms with van der Waals surface area (Å²) in [6.07, 6.45) is -0.789. The fourth-order valence-electron chi connectivity index (χ4n) is 3.19. The minimum atomic E-state index is -0.789. The van der Waals surface area contributed by atoms with Gasteiger partial charge in [0.05, 0.1) is 29.8 Å². The van der Waals surface area contributed by atoms with Gasteiger partial charge in [-0.3, -0.25) is 9.59 Å². The first-order valence-corrected chi connectivity index (χ1v) is 10.7. The van der Waals surface area contributed by atoms with E-state index in [9.17, 15) is 9.59 Å². The van der Waals surface area contributed by atoms with E-state index < -0.39 is 6.10 Å². The molecule has 3 rings (SSSR count). The molecule has 0 saturated carbocycles. The normalized spacial score (nSPS) is 14.6. The number of nitrogens with one attached hydrogen (secondary N) is 1. The summed E-state index contributed by atoms with van der Waals surface area (Å²) in [5, 5.41) is 3.55. The van der Waals surface area contributed by atoms with E-state index in [2.05, 4.69) is 10.2 Å². The van der Waals surface area contributed by atoms with Gasteiger partial charge < -0.3 is 24.6 Å². The summed E-state index contributed by atoms with van der Waals surface area (Å²) in [5.41, 5.74) is 1.75. The quantitative estimate of drug-likeness (QED) is 0.674. The number of nitrogens with zero attached hydrogens (tertiary/aromatic N) is 2. The number of rotatable bonds is 7. The molecule has 0 radical (unpaired) electrons. The second kappa shape index (κ2) is 10.7. The highest BCUT2D eigenvalue weighted by atomic mass is 35.5. The molecular formula is C22H25Cl2N3O4. The van der Waals surface area contributed by atoms with Crippen molar-refractivity contribution < 1.29 is 19.1 Å². The Hall–Kier alpha value is -2.48. The molecule has 9 heteroatoms. The molecule has 31 heavy (non-hydrogen) atoms. The molecule has 1 N–H and O–H groups in total. The van der Waals surface area contributed by atoms with Crippen LogP contribution in [-0.4, -0.2) is 62.7 Å². The molecule has 0 spiro atoms. The Labute approximate surface area is 191 Å². The van der Waals surface area contributed by atoms with Gasteiger partial charge in [0.15, 0.2) is 6.10 Å². The van der Waals surface area contributed by atoms with Crippen molar-refractivity contribution in [3.63, 3.8) is 0 Å². The van der Waals surface area contributed by atoms with Crippen LogP contribution in [0.2, 0.25) is 10.0 Å². The standard InChI is InChI=1S/C22H25Cl2N3O4/c1-15(31-18-7-8-19(23)20(24)13-18)22(29)26(2)14-21(28)25-16-3-5-17(6-4-16)27-9-11-30-12-10-27/h3-8,13,15H,9-12,14H2,1-2H3,(H,25,28). The first-order valence-electron chi connectivity index (χ1n) is 9.93. The molecule has 2 aromatic rings. The molecule has 1 unspecified atom stereocenters. The third kappa shape index (κ3) is 6.50. The molecule has 0 aromatic heterocycles. The van der Waals surface area contributed by atoms with E-state index in [4.69, 9.17) is 32.7 Å². The van der Waals surface area contributed by atoms with Crippen molar-refractivity contribution in [2.75, 3.05) is 50.1 Å². The van der Waals surface area contributed by atoms with Crippen LogP contribution in [0.1, 0.15) is 6.92 Å². The zero-order valence-electron chi connectivity index (χ0n) is 17.4. The zero-order chi connectivity index (χ0) is 22.4. The molecule has 0 aliphatic carbocycles. The number of hydrogen-bond acceptors (Lipinski definition) is 5. The SMILES string of the molecule is CC(Oc1ccc(Cl)c(Cl)c1)C(=O)N(C)CC(=O)Nc1ccc(N2CCOCC2)cc1. The minimum Gasteiger partial charge on any atom is -0.481 e. The second-order valence-electron chi connectivity index (χ2n) is 7.22. The maximum Gasteiger partial charge on any atom is 0.263 e. The van der Waals surface area contributed by atoms with E-state index in [-0.39, 0.29) is 18.4 Å². The fraction of sp³-hybridized carbons (Fsp3) is 0.364. The number of likely N-dealkylation sites (N-methyl/N-ethyl adjacent to an activating group) is 1. The molecular weight excluding hydrogens is 441 g/mol. The van der Waals surface area contributed by atoms with Gasteiger partial charge in [0.2, 0.25) is 5.91 Å². The van der Waals surface area contributed by atoms with Crippen LogP contribution in [0.4, 0.5) is 11.4 Å². The maximum atomic E-state index is 12.6. The highest BCUT2D eigenvalue weighted by Gasteiger charge is 2.21. The maximum absolute atomic E-state index is 12.6. The summed E-state index contributed by atoms with van der Waals surface area (Å²) in [4.78, 5) is 28.5. The fourth-order valence-corrected chi connectivity index (χ4v) is 3.47. The van der Waals surface area contributed by atoms with Gasteiger partial charge in [-0.2, -0.15) is 0 Å². The van der Waals surface area contributed by atoms with Gasteiger partial charge in [0.25, 0.3) is 5.91 Å². The van der Waals surface area contributed by atoms with E-state index in [1.807, 2.05) is 24.3 Å². The number of anilines is 2. The Morgan fingerprint density at radius 3 is 2.45 bits per heavy atom. The van der Waals surface area contributed by atoms with Gasteiger partial charge in [-0.15, -0.1) is 0 Å². The van der Waals surface area contributed by atoms with Crippen molar-refractivity contribution in [1.82, 2.24) is 4.90 Å². The van der Waals surface area contributed by atoms with E-state index in [1.165, 1.54) is 4.90 Å². The molecule has 2 amide bonds. The van der Waals surface area contributed by atoms with Crippen LogP contribution < -0.4 is 15.0 Å². The number of benzene rings is 2. The van der Waals surface area contributed by atoms with Crippen LogP contribution in [0, 0.1) is 0 Å². The Balaban J connectivity index is 1.49. The molecule has 1 saturated heterocycles. The number of hydrogen-bond donors (Lipinski definition) is 1. The molecule has 1 atom stereocenters. The number of ether oxygens (including phenoxy) is 2. The van der Waals surface area contributed by atoms with Crippen LogP contribution in [0.5, 0.6) is 5.75 Å². The third-order valence-corrected chi connectivity index (χ3v) is 5.58. The first-order chi connectivity index (χ1) is 14.8. The van der Waals surface area contributed by atoms with Gasteiger partial charge in [-0.25, -0.2) is 0 Å². The Bertz CT molecular complexity index is 917. The van der Waals surface area contributed by atoms with Crippen molar-refractivity contribution in [1.29, 1.82) is 0 Å². The summed E-state index contributed by atoms with van der Waals surface area (Å²) in [5.74, 6) is -0.200. The zero-order valence-corrected chi connectivity index (χ0v) is 18.9. The van der Waals surface area contributed by atoms with Crippen LogP contribution in [0.15, 0.2) is 42.5 Å². The Morgan fingerprint density at radius 2 is 1.81 bits per heavy atom. The molecule has 7 nitrogen and oxygen atoms in total. The summed E-state index contributed by atoms with van der Waals surface area (Å²) < 4.78 is 11.0. The van der Waals surface area contributed by atoms with Gasteiger partial charge >= 0.3 is 0 Å². The topological polar surface area (TPSA) is 71.1 Å². The molecule has 1 fully saturated rings.